The zero-order chi connectivity index (χ0) is 16.3. The van der Waals surface area contributed by atoms with Gasteiger partial charge in [0.1, 0.15) is 0 Å². The van der Waals surface area contributed by atoms with Crippen LogP contribution in [-0.4, -0.2) is 11.8 Å². The molecule has 0 bridgehead atoms. The molecule has 0 radical (unpaired) electrons. The van der Waals surface area contributed by atoms with Crippen LogP contribution < -0.4 is 5.73 Å². The summed E-state index contributed by atoms with van der Waals surface area (Å²) < 4.78 is 0. The molecule has 2 rings (SSSR count). The summed E-state index contributed by atoms with van der Waals surface area (Å²) in [5, 5.41) is 4.59. The van der Waals surface area contributed by atoms with Crippen LogP contribution in [0.25, 0.3) is 0 Å². The second kappa shape index (κ2) is 7.20. The van der Waals surface area contributed by atoms with E-state index in [1.807, 2.05) is 0 Å². The number of nitrogens with zero attached hydrogens (tertiary/aromatic N) is 1. The van der Waals surface area contributed by atoms with Crippen LogP contribution in [0, 0.1) is 0 Å². The van der Waals surface area contributed by atoms with Gasteiger partial charge in [-0.2, -0.15) is 0 Å². The van der Waals surface area contributed by atoms with Crippen molar-refractivity contribution < 1.29 is 9.63 Å². The number of halogens is 4. The minimum Gasteiger partial charge on any atom is -0.380 e. The molecule has 0 amide bonds. The van der Waals surface area contributed by atoms with Gasteiger partial charge in [-0.25, -0.2) is 4.79 Å². The summed E-state index contributed by atoms with van der Waals surface area (Å²) in [5.41, 5.74) is 6.19. The molecule has 0 saturated heterocycles. The number of benzene rings is 2. The molecule has 8 heteroatoms. The Balaban J connectivity index is 2.20. The van der Waals surface area contributed by atoms with Crippen LogP contribution in [0.2, 0.25) is 20.1 Å². The smallest absolute Gasteiger partial charge is 0.367 e. The number of hydrogen-bond donors (Lipinski definition) is 1. The van der Waals surface area contributed by atoms with Gasteiger partial charge in [0.25, 0.3) is 0 Å². The number of rotatable bonds is 3. The van der Waals surface area contributed by atoms with Crippen molar-refractivity contribution >= 4 is 58.2 Å². The Labute approximate surface area is 146 Å². The summed E-state index contributed by atoms with van der Waals surface area (Å²) in [6.45, 7) is 0. The molecule has 0 heterocycles. The Morgan fingerprint density at radius 3 is 2.41 bits per heavy atom. The highest BCUT2D eigenvalue weighted by molar-refractivity contribution is 6.43. The van der Waals surface area contributed by atoms with Crippen LogP contribution in [0.15, 0.2) is 41.6 Å². The van der Waals surface area contributed by atoms with Gasteiger partial charge in [-0.3, -0.25) is 0 Å². The molecule has 0 aliphatic heterocycles. The van der Waals surface area contributed by atoms with E-state index in [2.05, 4.69) is 5.16 Å². The van der Waals surface area contributed by atoms with Crippen LogP contribution in [0.5, 0.6) is 0 Å². The third-order valence-corrected chi connectivity index (χ3v) is 3.97. The van der Waals surface area contributed by atoms with Crippen LogP contribution in [0.3, 0.4) is 0 Å². The number of carbonyl (C=O) groups is 1. The van der Waals surface area contributed by atoms with Gasteiger partial charge in [-0.1, -0.05) is 57.6 Å². The van der Waals surface area contributed by atoms with Gasteiger partial charge < -0.3 is 10.6 Å². The van der Waals surface area contributed by atoms with Crippen molar-refractivity contribution in [2.75, 3.05) is 0 Å². The first-order valence-corrected chi connectivity index (χ1v) is 7.35. The number of nitrogens with two attached hydrogens (primary N) is 1. The topological polar surface area (TPSA) is 64.7 Å². The maximum Gasteiger partial charge on any atom is 0.367 e. The van der Waals surface area contributed by atoms with E-state index >= 15 is 0 Å². The average molecular weight is 378 g/mol. The van der Waals surface area contributed by atoms with Crippen molar-refractivity contribution in [3.05, 3.63) is 67.6 Å². The summed E-state index contributed by atoms with van der Waals surface area (Å²) in [6, 6.07) is 9.21. The Morgan fingerprint density at radius 1 is 1.00 bits per heavy atom. The Morgan fingerprint density at radius 2 is 1.73 bits per heavy atom. The third-order valence-electron chi connectivity index (χ3n) is 2.61. The molecule has 2 N–H and O–H groups in total. The van der Waals surface area contributed by atoms with Gasteiger partial charge in [0.2, 0.25) is 0 Å². The second-order valence-corrected chi connectivity index (χ2v) is 5.71. The molecular weight excluding hydrogens is 370 g/mol. The normalized spacial score (nSPS) is 11.4. The zero-order valence-electron chi connectivity index (χ0n) is 10.8. The van der Waals surface area contributed by atoms with E-state index < -0.39 is 5.97 Å². The fourth-order valence-corrected chi connectivity index (χ4v) is 2.43. The number of oxime groups is 1. The fraction of sp³-hybridized carbons (Fsp3) is 0. The molecule has 0 spiro atoms. The molecular formula is C14H8Cl4N2O2. The molecule has 2 aromatic rings. The SMILES string of the molecule is N/C(=N\OC(=O)c1cccc(Cl)c1Cl)c1ccc(Cl)cc1Cl. The summed E-state index contributed by atoms with van der Waals surface area (Å²) in [4.78, 5) is 16.7. The molecule has 0 saturated carbocycles. The van der Waals surface area contributed by atoms with E-state index in [-0.39, 0.29) is 26.5 Å². The van der Waals surface area contributed by atoms with Gasteiger partial charge in [0, 0.05) is 10.6 Å². The molecule has 22 heavy (non-hydrogen) atoms. The van der Waals surface area contributed by atoms with E-state index in [1.54, 1.807) is 24.3 Å². The molecule has 2 aromatic carbocycles. The van der Waals surface area contributed by atoms with Gasteiger partial charge >= 0.3 is 5.97 Å². The van der Waals surface area contributed by atoms with Crippen LogP contribution >= 0.6 is 46.4 Å². The molecule has 0 fully saturated rings. The highest BCUT2D eigenvalue weighted by atomic mass is 35.5. The van der Waals surface area contributed by atoms with E-state index in [0.29, 0.717) is 10.6 Å². The van der Waals surface area contributed by atoms with E-state index in [1.165, 1.54) is 12.1 Å². The second-order valence-electron chi connectivity index (χ2n) is 4.08. The lowest BCUT2D eigenvalue weighted by molar-refractivity contribution is 0.0516. The van der Waals surface area contributed by atoms with Crippen molar-refractivity contribution in [2.24, 2.45) is 10.9 Å². The van der Waals surface area contributed by atoms with Crippen LogP contribution in [0.1, 0.15) is 15.9 Å². The zero-order valence-corrected chi connectivity index (χ0v) is 13.8. The molecule has 0 atom stereocenters. The van der Waals surface area contributed by atoms with Crippen molar-refractivity contribution in [1.29, 1.82) is 0 Å². The predicted octanol–water partition coefficient (Wildman–Crippen LogP) is 4.78. The standard InChI is InChI=1S/C14H8Cl4N2O2/c15-7-4-5-8(11(17)6-7)13(19)20-22-14(21)9-2-1-3-10(16)12(9)18/h1-6H,(H2,19,20). The Bertz CT molecular complexity index is 763. The Hall–Kier alpha value is -1.46. The first kappa shape index (κ1) is 16.9. The van der Waals surface area contributed by atoms with Crippen molar-refractivity contribution in [1.82, 2.24) is 0 Å². The molecule has 0 aromatic heterocycles. The first-order chi connectivity index (χ1) is 10.4. The monoisotopic (exact) mass is 376 g/mol. The lowest BCUT2D eigenvalue weighted by atomic mass is 10.2. The van der Waals surface area contributed by atoms with Gasteiger partial charge in [-0.05, 0) is 30.3 Å². The summed E-state index contributed by atoms with van der Waals surface area (Å²) in [6.07, 6.45) is 0. The minimum atomic E-state index is -0.791. The van der Waals surface area contributed by atoms with E-state index in [0.717, 1.165) is 0 Å². The highest BCUT2D eigenvalue weighted by Gasteiger charge is 2.15. The molecule has 0 aliphatic carbocycles. The number of amidine groups is 1. The van der Waals surface area contributed by atoms with Gasteiger partial charge in [-0.15, -0.1) is 0 Å². The molecule has 0 unspecified atom stereocenters. The first-order valence-electron chi connectivity index (χ1n) is 5.84. The summed E-state index contributed by atoms with van der Waals surface area (Å²) in [7, 11) is 0. The largest absolute Gasteiger partial charge is 0.380 e. The number of hydrogen-bond acceptors (Lipinski definition) is 3. The fourth-order valence-electron chi connectivity index (χ4n) is 1.55. The Kier molecular flexibility index (Phi) is 5.53. The van der Waals surface area contributed by atoms with Gasteiger partial charge in [0.05, 0.1) is 20.6 Å². The van der Waals surface area contributed by atoms with Crippen molar-refractivity contribution in [2.45, 2.75) is 0 Å². The summed E-state index contributed by atoms with van der Waals surface area (Å²) >= 11 is 23.5. The third kappa shape index (κ3) is 3.84. The lowest BCUT2D eigenvalue weighted by Crippen LogP contribution is -2.16. The van der Waals surface area contributed by atoms with E-state index in [9.17, 15) is 4.79 Å². The summed E-state index contributed by atoms with van der Waals surface area (Å²) in [5.74, 6) is -0.867. The van der Waals surface area contributed by atoms with Crippen LogP contribution in [-0.2, 0) is 4.84 Å². The minimum absolute atomic E-state index is 0.0758. The van der Waals surface area contributed by atoms with E-state index in [4.69, 9.17) is 57.0 Å². The van der Waals surface area contributed by atoms with Gasteiger partial charge in [0.15, 0.2) is 5.84 Å². The number of carbonyl (C=O) groups excluding carboxylic acids is 1. The van der Waals surface area contributed by atoms with Crippen LogP contribution in [0.4, 0.5) is 0 Å². The van der Waals surface area contributed by atoms with Crippen molar-refractivity contribution in [3.8, 4) is 0 Å². The maximum atomic E-state index is 11.9. The predicted molar refractivity (Wildman–Crippen MR) is 89.1 cm³/mol. The average Bonchev–Trinajstić information content (AvgIpc) is 2.47. The quantitative estimate of drug-likeness (QED) is 0.362. The molecule has 0 aliphatic rings. The lowest BCUT2D eigenvalue weighted by Gasteiger charge is -2.05. The highest BCUT2D eigenvalue weighted by Crippen LogP contribution is 2.26. The molecule has 114 valence electrons. The molecule has 4 nitrogen and oxygen atoms in total. The van der Waals surface area contributed by atoms with Crippen molar-refractivity contribution in [3.63, 3.8) is 0 Å². The maximum absolute atomic E-state index is 11.9.